The fourth-order valence-corrected chi connectivity index (χ4v) is 2.95. The topological polar surface area (TPSA) is 78.9 Å². The number of rotatable bonds is 7. The zero-order valence-electron chi connectivity index (χ0n) is 13.1. The molecule has 1 aliphatic carbocycles. The van der Waals surface area contributed by atoms with Crippen LogP contribution in [0.3, 0.4) is 0 Å². The van der Waals surface area contributed by atoms with Crippen LogP contribution in [0.25, 0.3) is 11.6 Å². The van der Waals surface area contributed by atoms with Crippen LogP contribution in [-0.4, -0.2) is 38.9 Å². The summed E-state index contributed by atoms with van der Waals surface area (Å²) in [6.07, 6.45) is 10.5. The first kappa shape index (κ1) is 15.1. The minimum atomic E-state index is 0.426. The third kappa shape index (κ3) is 3.91. The number of aryl methyl sites for hydroxylation is 1. The Labute approximate surface area is 130 Å². The van der Waals surface area contributed by atoms with Crippen molar-refractivity contribution in [2.45, 2.75) is 51.5 Å². The Hall–Kier alpha value is -1.76. The minimum absolute atomic E-state index is 0.426. The molecule has 0 saturated heterocycles. The number of ether oxygens (including phenoxy) is 1. The third-order valence-corrected chi connectivity index (χ3v) is 4.25. The summed E-state index contributed by atoms with van der Waals surface area (Å²) in [5.74, 6) is 1.90. The first-order chi connectivity index (χ1) is 10.8. The molecular weight excluding hydrogens is 282 g/mol. The molecule has 1 fully saturated rings. The van der Waals surface area contributed by atoms with Crippen LogP contribution in [0, 0.1) is 5.92 Å². The average molecular weight is 305 g/mol. The van der Waals surface area contributed by atoms with Gasteiger partial charge in [-0.15, -0.1) is 5.10 Å². The molecule has 0 aliphatic heterocycles. The first-order valence-corrected chi connectivity index (χ1v) is 8.07. The van der Waals surface area contributed by atoms with Gasteiger partial charge in [0.05, 0.1) is 12.8 Å². The first-order valence-electron chi connectivity index (χ1n) is 8.07. The van der Waals surface area contributed by atoms with Gasteiger partial charge in [0.1, 0.15) is 0 Å². The van der Waals surface area contributed by atoms with Crippen LogP contribution in [-0.2, 0) is 17.7 Å². The van der Waals surface area contributed by atoms with Crippen molar-refractivity contribution in [1.29, 1.82) is 0 Å². The van der Waals surface area contributed by atoms with E-state index in [1.54, 1.807) is 7.11 Å². The fourth-order valence-electron chi connectivity index (χ4n) is 2.95. The Bertz CT molecular complexity index is 574. The monoisotopic (exact) mass is 305 g/mol. The molecule has 0 spiro atoms. The van der Waals surface area contributed by atoms with Crippen LogP contribution >= 0.6 is 0 Å². The van der Waals surface area contributed by atoms with Gasteiger partial charge in [0.15, 0.2) is 11.5 Å². The summed E-state index contributed by atoms with van der Waals surface area (Å²) in [4.78, 5) is 4.31. The van der Waals surface area contributed by atoms with Crippen molar-refractivity contribution in [2.75, 3.05) is 13.7 Å². The van der Waals surface area contributed by atoms with E-state index in [0.717, 1.165) is 12.5 Å². The minimum Gasteiger partial charge on any atom is -0.384 e. The molecule has 0 amide bonds. The second kappa shape index (κ2) is 7.49. The molecule has 1 aliphatic rings. The van der Waals surface area contributed by atoms with Gasteiger partial charge in [0, 0.05) is 20.1 Å². The highest BCUT2D eigenvalue weighted by Gasteiger charge is 2.15. The number of hydrogen-bond donors (Lipinski definition) is 0. The van der Waals surface area contributed by atoms with E-state index in [1.165, 1.54) is 38.5 Å². The zero-order valence-corrected chi connectivity index (χ0v) is 13.1. The predicted octanol–water partition coefficient (Wildman–Crippen LogP) is 2.49. The maximum atomic E-state index is 5.22. The van der Waals surface area contributed by atoms with Crippen molar-refractivity contribution in [1.82, 2.24) is 25.1 Å². The normalized spacial score (nSPS) is 16.2. The summed E-state index contributed by atoms with van der Waals surface area (Å²) < 4.78 is 12.1. The molecule has 0 atom stereocenters. The molecule has 3 rings (SSSR count). The molecule has 0 unspecified atom stereocenters. The van der Waals surface area contributed by atoms with E-state index in [9.17, 15) is 0 Å². The Balaban J connectivity index is 1.54. The van der Waals surface area contributed by atoms with E-state index in [4.69, 9.17) is 9.26 Å². The predicted molar refractivity (Wildman–Crippen MR) is 80.1 cm³/mol. The lowest BCUT2D eigenvalue weighted by atomic mass is 9.87. The summed E-state index contributed by atoms with van der Waals surface area (Å²) in [7, 11) is 1.65. The molecule has 2 aromatic rings. The van der Waals surface area contributed by atoms with Crippen LogP contribution in [0.15, 0.2) is 10.7 Å². The average Bonchev–Trinajstić information content (AvgIpc) is 3.21. The SMILES string of the molecule is COCCc1noc(-c2cn(CCC3CCCCC3)nn2)n1. The van der Waals surface area contributed by atoms with Gasteiger partial charge < -0.3 is 9.26 Å². The smallest absolute Gasteiger partial charge is 0.280 e. The lowest BCUT2D eigenvalue weighted by Gasteiger charge is -2.20. The highest BCUT2D eigenvalue weighted by molar-refractivity contribution is 5.43. The van der Waals surface area contributed by atoms with Crippen molar-refractivity contribution in [3.63, 3.8) is 0 Å². The van der Waals surface area contributed by atoms with E-state index in [-0.39, 0.29) is 0 Å². The maximum Gasteiger partial charge on any atom is 0.280 e. The number of methoxy groups -OCH3 is 1. The number of nitrogens with zero attached hydrogens (tertiary/aromatic N) is 5. The van der Waals surface area contributed by atoms with Crippen LogP contribution in [0.4, 0.5) is 0 Å². The van der Waals surface area contributed by atoms with E-state index in [1.807, 2.05) is 10.9 Å². The number of hydrogen-bond acceptors (Lipinski definition) is 6. The summed E-state index contributed by atoms with van der Waals surface area (Å²) >= 11 is 0. The third-order valence-electron chi connectivity index (χ3n) is 4.25. The molecule has 22 heavy (non-hydrogen) atoms. The van der Waals surface area contributed by atoms with Crippen LogP contribution in [0.5, 0.6) is 0 Å². The van der Waals surface area contributed by atoms with Gasteiger partial charge in [0.2, 0.25) is 0 Å². The molecule has 7 heteroatoms. The molecule has 120 valence electrons. The van der Waals surface area contributed by atoms with Crippen molar-refractivity contribution < 1.29 is 9.26 Å². The quantitative estimate of drug-likeness (QED) is 0.782. The summed E-state index contributed by atoms with van der Waals surface area (Å²) in [5.41, 5.74) is 0.639. The number of aromatic nitrogens is 5. The highest BCUT2D eigenvalue weighted by atomic mass is 16.5. The Morgan fingerprint density at radius 2 is 2.18 bits per heavy atom. The zero-order chi connectivity index (χ0) is 15.2. The summed E-state index contributed by atoms with van der Waals surface area (Å²) in [6, 6.07) is 0. The Morgan fingerprint density at radius 1 is 1.32 bits per heavy atom. The van der Waals surface area contributed by atoms with E-state index >= 15 is 0 Å². The van der Waals surface area contributed by atoms with Gasteiger partial charge in [-0.1, -0.05) is 42.5 Å². The molecule has 0 radical (unpaired) electrons. The van der Waals surface area contributed by atoms with Gasteiger partial charge in [-0.2, -0.15) is 4.98 Å². The largest absolute Gasteiger partial charge is 0.384 e. The van der Waals surface area contributed by atoms with Gasteiger partial charge in [-0.05, 0) is 12.3 Å². The van der Waals surface area contributed by atoms with Crippen LogP contribution < -0.4 is 0 Å². The summed E-state index contributed by atoms with van der Waals surface area (Å²) in [5, 5.41) is 12.2. The van der Waals surface area contributed by atoms with Crippen molar-refractivity contribution in [2.24, 2.45) is 5.92 Å². The second-order valence-electron chi connectivity index (χ2n) is 5.92. The van der Waals surface area contributed by atoms with Gasteiger partial charge in [0.25, 0.3) is 5.89 Å². The van der Waals surface area contributed by atoms with Crippen molar-refractivity contribution in [3.05, 3.63) is 12.0 Å². The Morgan fingerprint density at radius 3 is 3.00 bits per heavy atom. The molecular formula is C15H23N5O2. The van der Waals surface area contributed by atoms with Crippen molar-refractivity contribution >= 4 is 0 Å². The van der Waals surface area contributed by atoms with Crippen LogP contribution in [0.1, 0.15) is 44.3 Å². The van der Waals surface area contributed by atoms with Gasteiger partial charge in [-0.25, -0.2) is 0 Å². The standard InChI is InChI=1S/C15H23N5O2/c1-21-10-8-14-16-15(22-18-14)13-11-20(19-17-13)9-7-12-5-3-2-4-6-12/h11-12H,2-10H2,1H3. The van der Waals surface area contributed by atoms with E-state index < -0.39 is 0 Å². The molecule has 2 aromatic heterocycles. The molecule has 1 saturated carbocycles. The molecule has 0 bridgehead atoms. The highest BCUT2D eigenvalue weighted by Crippen LogP contribution is 2.26. The lowest BCUT2D eigenvalue weighted by Crippen LogP contribution is -2.10. The molecule has 7 nitrogen and oxygen atoms in total. The molecule has 2 heterocycles. The second-order valence-corrected chi connectivity index (χ2v) is 5.92. The van der Waals surface area contributed by atoms with E-state index in [2.05, 4.69) is 20.5 Å². The Kier molecular flexibility index (Phi) is 5.15. The molecule has 0 N–H and O–H groups in total. The van der Waals surface area contributed by atoms with Gasteiger partial charge in [-0.3, -0.25) is 4.68 Å². The van der Waals surface area contributed by atoms with Crippen LogP contribution in [0.2, 0.25) is 0 Å². The van der Waals surface area contributed by atoms with E-state index in [0.29, 0.717) is 30.4 Å². The molecule has 0 aromatic carbocycles. The fraction of sp³-hybridized carbons (Fsp3) is 0.733. The maximum absolute atomic E-state index is 5.22. The lowest BCUT2D eigenvalue weighted by molar-refractivity contribution is 0.199. The van der Waals surface area contributed by atoms with Gasteiger partial charge >= 0.3 is 0 Å². The van der Waals surface area contributed by atoms with Crippen molar-refractivity contribution in [3.8, 4) is 11.6 Å². The summed E-state index contributed by atoms with van der Waals surface area (Å²) in [6.45, 7) is 1.48.